The van der Waals surface area contributed by atoms with Crippen LogP contribution in [-0.2, 0) is 6.54 Å². The Hall–Kier alpha value is -2.48. The summed E-state index contributed by atoms with van der Waals surface area (Å²) in [6.07, 6.45) is 0. The zero-order valence-electron chi connectivity index (χ0n) is 11.3. The Morgan fingerprint density at radius 3 is 3.04 bits per heavy atom. The quantitative estimate of drug-likeness (QED) is 0.656. The van der Waals surface area contributed by atoms with Gasteiger partial charge in [0.05, 0.1) is 11.4 Å². The molecule has 2 amide bonds. The molecular weight excluding hydrogens is 358 g/mol. The smallest absolute Gasteiger partial charge is 0.321 e. The van der Waals surface area contributed by atoms with Gasteiger partial charge in [-0.3, -0.25) is 10.4 Å². The van der Waals surface area contributed by atoms with Crippen LogP contribution in [0.2, 0.25) is 5.15 Å². The normalized spacial score (nSPS) is 10.3. The van der Waals surface area contributed by atoms with E-state index in [4.69, 9.17) is 16.9 Å². The number of anilines is 1. The average molecular weight is 366 g/mol. The first-order valence-corrected chi connectivity index (χ1v) is 8.29. The van der Waals surface area contributed by atoms with E-state index in [1.807, 2.05) is 23.6 Å². The summed E-state index contributed by atoms with van der Waals surface area (Å²) in [6, 6.07) is 5.24. The Morgan fingerprint density at radius 2 is 2.35 bits per heavy atom. The standard InChI is InChI=1S/C12H8ClN7OS2/c13-9-7(4-14)23-12(17-9)18-11(21)15-5-8-16-10(20-19-8)6-2-1-3-22-6/h1-3H,5H2,(H,16,19,20)(H2,15,17,18,21). The first-order valence-electron chi connectivity index (χ1n) is 6.22. The number of rotatable bonds is 4. The molecule has 0 aliphatic carbocycles. The largest absolute Gasteiger partial charge is 0.331 e. The third-order valence-corrected chi connectivity index (χ3v) is 4.72. The van der Waals surface area contributed by atoms with Crippen LogP contribution in [0.25, 0.3) is 10.7 Å². The van der Waals surface area contributed by atoms with Crippen LogP contribution < -0.4 is 10.6 Å². The fourth-order valence-corrected chi connectivity index (χ4v) is 3.22. The van der Waals surface area contributed by atoms with Gasteiger partial charge in [-0.1, -0.05) is 29.0 Å². The van der Waals surface area contributed by atoms with E-state index < -0.39 is 6.03 Å². The van der Waals surface area contributed by atoms with Gasteiger partial charge in [0.2, 0.25) is 0 Å². The van der Waals surface area contributed by atoms with E-state index in [0.29, 0.717) is 11.6 Å². The predicted molar refractivity (Wildman–Crippen MR) is 87.4 cm³/mol. The van der Waals surface area contributed by atoms with Crippen molar-refractivity contribution in [2.24, 2.45) is 0 Å². The van der Waals surface area contributed by atoms with Gasteiger partial charge >= 0.3 is 6.03 Å². The van der Waals surface area contributed by atoms with Crippen LogP contribution in [0.4, 0.5) is 9.93 Å². The molecule has 3 aromatic heterocycles. The van der Waals surface area contributed by atoms with Crippen molar-refractivity contribution in [1.29, 1.82) is 5.26 Å². The van der Waals surface area contributed by atoms with Crippen molar-refractivity contribution in [2.45, 2.75) is 6.54 Å². The molecule has 3 aromatic rings. The molecular formula is C12H8ClN7OS2. The summed E-state index contributed by atoms with van der Waals surface area (Å²) in [7, 11) is 0. The van der Waals surface area contributed by atoms with Crippen molar-refractivity contribution in [3.63, 3.8) is 0 Å². The lowest BCUT2D eigenvalue weighted by Crippen LogP contribution is -2.28. The predicted octanol–water partition coefficient (Wildman–Crippen LogP) is 2.84. The molecule has 3 heterocycles. The lowest BCUT2D eigenvalue weighted by molar-refractivity contribution is 0.251. The van der Waals surface area contributed by atoms with E-state index in [0.717, 1.165) is 16.2 Å². The van der Waals surface area contributed by atoms with Crippen LogP contribution in [0, 0.1) is 11.3 Å². The van der Waals surface area contributed by atoms with Gasteiger partial charge in [-0.15, -0.1) is 11.3 Å². The molecule has 0 aliphatic heterocycles. The number of aromatic amines is 1. The van der Waals surface area contributed by atoms with Gasteiger partial charge in [0, 0.05) is 0 Å². The van der Waals surface area contributed by atoms with Crippen LogP contribution in [0.1, 0.15) is 10.7 Å². The van der Waals surface area contributed by atoms with E-state index in [1.165, 1.54) is 11.3 Å². The fourth-order valence-electron chi connectivity index (χ4n) is 1.62. The average Bonchev–Trinajstić information content (AvgIpc) is 3.25. The van der Waals surface area contributed by atoms with E-state index in [1.54, 1.807) is 0 Å². The Labute approximate surface area is 143 Å². The number of halogens is 1. The van der Waals surface area contributed by atoms with E-state index >= 15 is 0 Å². The van der Waals surface area contributed by atoms with Gasteiger partial charge in [0.15, 0.2) is 16.1 Å². The van der Waals surface area contributed by atoms with Gasteiger partial charge in [0.25, 0.3) is 0 Å². The second-order valence-electron chi connectivity index (χ2n) is 4.14. The fraction of sp³-hybridized carbons (Fsp3) is 0.0833. The summed E-state index contributed by atoms with van der Waals surface area (Å²) in [4.78, 5) is 21.1. The number of urea groups is 1. The number of thiazole rings is 1. The minimum absolute atomic E-state index is 0.0728. The molecule has 0 spiro atoms. The van der Waals surface area contributed by atoms with Gasteiger partial charge in [0.1, 0.15) is 16.8 Å². The van der Waals surface area contributed by atoms with E-state index in [2.05, 4.69) is 30.8 Å². The summed E-state index contributed by atoms with van der Waals surface area (Å²) >= 11 is 8.27. The van der Waals surface area contributed by atoms with Gasteiger partial charge < -0.3 is 5.32 Å². The highest BCUT2D eigenvalue weighted by molar-refractivity contribution is 7.16. The molecule has 3 N–H and O–H groups in total. The number of thiophene rings is 1. The molecule has 23 heavy (non-hydrogen) atoms. The minimum Gasteiger partial charge on any atom is -0.331 e. The molecule has 0 saturated carbocycles. The minimum atomic E-state index is -0.478. The van der Waals surface area contributed by atoms with Crippen molar-refractivity contribution >= 4 is 45.4 Å². The molecule has 0 aromatic carbocycles. The third-order valence-electron chi connectivity index (χ3n) is 2.60. The Kier molecular flexibility index (Phi) is 4.52. The maximum Gasteiger partial charge on any atom is 0.321 e. The monoisotopic (exact) mass is 365 g/mol. The summed E-state index contributed by atoms with van der Waals surface area (Å²) < 4.78 is 0. The highest BCUT2D eigenvalue weighted by Gasteiger charge is 2.12. The van der Waals surface area contributed by atoms with Crippen molar-refractivity contribution in [3.05, 3.63) is 33.4 Å². The molecule has 0 saturated heterocycles. The summed E-state index contributed by atoms with van der Waals surface area (Å²) in [5.41, 5.74) is 0. The van der Waals surface area contributed by atoms with Crippen LogP contribution in [0.3, 0.4) is 0 Å². The second kappa shape index (κ2) is 6.74. The van der Waals surface area contributed by atoms with Crippen LogP contribution in [0.15, 0.2) is 17.5 Å². The molecule has 116 valence electrons. The number of nitrogens with one attached hydrogen (secondary N) is 3. The van der Waals surface area contributed by atoms with Crippen molar-refractivity contribution in [1.82, 2.24) is 25.5 Å². The summed E-state index contributed by atoms with van der Waals surface area (Å²) in [5.74, 6) is 1.11. The van der Waals surface area contributed by atoms with Crippen molar-refractivity contribution in [2.75, 3.05) is 5.32 Å². The molecule has 8 nitrogen and oxygen atoms in total. The number of amides is 2. The maximum absolute atomic E-state index is 11.8. The van der Waals surface area contributed by atoms with Gasteiger partial charge in [-0.25, -0.2) is 14.8 Å². The zero-order valence-corrected chi connectivity index (χ0v) is 13.7. The highest BCUT2D eigenvalue weighted by atomic mass is 35.5. The number of hydrogen-bond acceptors (Lipinski definition) is 7. The number of nitriles is 1. The highest BCUT2D eigenvalue weighted by Crippen LogP contribution is 2.25. The summed E-state index contributed by atoms with van der Waals surface area (Å²) in [5, 5.41) is 23.0. The van der Waals surface area contributed by atoms with Crippen LogP contribution in [-0.4, -0.2) is 26.2 Å². The first-order chi connectivity index (χ1) is 11.2. The molecule has 11 heteroatoms. The number of hydrogen-bond donors (Lipinski definition) is 3. The summed E-state index contributed by atoms with van der Waals surface area (Å²) in [6.45, 7) is 0.175. The zero-order chi connectivity index (χ0) is 16.2. The SMILES string of the molecule is N#Cc1sc(NC(=O)NCc2nc(-c3cccs3)n[nH]2)nc1Cl. The first kappa shape index (κ1) is 15.4. The van der Waals surface area contributed by atoms with Crippen LogP contribution >= 0.6 is 34.3 Å². The second-order valence-corrected chi connectivity index (χ2v) is 6.45. The third kappa shape index (κ3) is 3.65. The Balaban J connectivity index is 1.56. The topological polar surface area (TPSA) is 119 Å². The molecule has 0 unspecified atom stereocenters. The van der Waals surface area contributed by atoms with Gasteiger partial charge in [-0.2, -0.15) is 10.4 Å². The lowest BCUT2D eigenvalue weighted by atomic mass is 10.4. The Bertz CT molecular complexity index is 864. The molecule has 0 bridgehead atoms. The molecule has 0 fully saturated rings. The number of nitrogens with zero attached hydrogens (tertiary/aromatic N) is 4. The number of carbonyl (C=O) groups excluding carboxylic acids is 1. The molecule has 0 radical (unpaired) electrons. The maximum atomic E-state index is 11.8. The van der Waals surface area contributed by atoms with Crippen molar-refractivity contribution < 1.29 is 4.79 Å². The van der Waals surface area contributed by atoms with E-state index in [9.17, 15) is 4.79 Å². The lowest BCUT2D eigenvalue weighted by Gasteiger charge is -2.02. The molecule has 0 aliphatic rings. The Morgan fingerprint density at radius 1 is 1.48 bits per heavy atom. The number of aromatic nitrogens is 4. The molecule has 0 atom stereocenters. The van der Waals surface area contributed by atoms with Crippen LogP contribution in [0.5, 0.6) is 0 Å². The van der Waals surface area contributed by atoms with Gasteiger partial charge in [-0.05, 0) is 11.4 Å². The number of carbonyl (C=O) groups is 1. The molecule has 3 rings (SSSR count). The number of H-pyrrole nitrogens is 1. The van der Waals surface area contributed by atoms with E-state index in [-0.39, 0.29) is 21.7 Å². The van der Waals surface area contributed by atoms with Crippen molar-refractivity contribution in [3.8, 4) is 16.8 Å².